The highest BCUT2D eigenvalue weighted by Gasteiger charge is 2.08. The Balaban J connectivity index is 2.01. The highest BCUT2D eigenvalue weighted by molar-refractivity contribution is 4.87. The third kappa shape index (κ3) is 3.88. The fourth-order valence-electron chi connectivity index (χ4n) is 1.43. The molecular weight excluding hydrogens is 150 g/mol. The van der Waals surface area contributed by atoms with Gasteiger partial charge in [-0.15, -0.1) is 6.58 Å². The molecule has 1 aliphatic rings. The van der Waals surface area contributed by atoms with Crippen molar-refractivity contribution in [2.75, 3.05) is 32.8 Å². The quantitative estimate of drug-likeness (QED) is 0.594. The zero-order valence-corrected chi connectivity index (χ0v) is 8.01. The van der Waals surface area contributed by atoms with Gasteiger partial charge in [-0.05, 0) is 26.3 Å². The summed E-state index contributed by atoms with van der Waals surface area (Å²) < 4.78 is 5.27. The molecule has 0 saturated carbocycles. The van der Waals surface area contributed by atoms with Crippen molar-refractivity contribution in [2.45, 2.75) is 19.8 Å². The monoisotopic (exact) mass is 169 g/mol. The van der Waals surface area contributed by atoms with Crippen LogP contribution in [0.4, 0.5) is 0 Å². The molecule has 0 radical (unpaired) electrons. The summed E-state index contributed by atoms with van der Waals surface area (Å²) in [6.07, 6.45) is 2.41. The summed E-state index contributed by atoms with van der Waals surface area (Å²) in [7, 11) is 0. The topological polar surface area (TPSA) is 12.5 Å². The van der Waals surface area contributed by atoms with Gasteiger partial charge in [-0.3, -0.25) is 4.90 Å². The van der Waals surface area contributed by atoms with Crippen LogP contribution in [0.1, 0.15) is 19.8 Å². The van der Waals surface area contributed by atoms with Crippen LogP contribution < -0.4 is 0 Å². The van der Waals surface area contributed by atoms with Gasteiger partial charge in [0.2, 0.25) is 0 Å². The first-order valence-corrected chi connectivity index (χ1v) is 4.73. The lowest BCUT2D eigenvalue weighted by Gasteiger charge is -2.26. The van der Waals surface area contributed by atoms with Crippen LogP contribution in [-0.4, -0.2) is 37.7 Å². The first kappa shape index (κ1) is 9.75. The van der Waals surface area contributed by atoms with Crippen molar-refractivity contribution in [1.29, 1.82) is 0 Å². The molecule has 1 fully saturated rings. The molecule has 0 spiro atoms. The van der Waals surface area contributed by atoms with E-state index in [2.05, 4.69) is 18.4 Å². The second-order valence-corrected chi connectivity index (χ2v) is 3.51. The first-order valence-electron chi connectivity index (χ1n) is 4.73. The van der Waals surface area contributed by atoms with Crippen LogP contribution >= 0.6 is 0 Å². The van der Waals surface area contributed by atoms with E-state index >= 15 is 0 Å². The minimum absolute atomic E-state index is 0.910. The molecule has 1 saturated heterocycles. The Labute approximate surface area is 75.2 Å². The number of ether oxygens (including phenoxy) is 1. The molecule has 0 aromatic carbocycles. The third-order valence-electron chi connectivity index (χ3n) is 2.18. The molecule has 0 atom stereocenters. The molecule has 0 aromatic heterocycles. The molecule has 0 bridgehead atoms. The summed E-state index contributed by atoms with van der Waals surface area (Å²) in [6.45, 7) is 11.2. The van der Waals surface area contributed by atoms with Gasteiger partial charge in [0.15, 0.2) is 0 Å². The normalized spacial score (nSPS) is 19.4. The largest absolute Gasteiger partial charge is 0.379 e. The minimum Gasteiger partial charge on any atom is -0.379 e. The lowest BCUT2D eigenvalue weighted by molar-refractivity contribution is 0.0375. The van der Waals surface area contributed by atoms with Crippen LogP contribution in [0, 0.1) is 0 Å². The van der Waals surface area contributed by atoms with Crippen molar-refractivity contribution >= 4 is 0 Å². The fraction of sp³-hybridized carbons (Fsp3) is 0.800. The second-order valence-electron chi connectivity index (χ2n) is 3.51. The van der Waals surface area contributed by atoms with E-state index in [9.17, 15) is 0 Å². The van der Waals surface area contributed by atoms with Crippen LogP contribution in [0.15, 0.2) is 12.2 Å². The van der Waals surface area contributed by atoms with E-state index in [-0.39, 0.29) is 0 Å². The highest BCUT2D eigenvalue weighted by atomic mass is 16.5. The summed E-state index contributed by atoms with van der Waals surface area (Å²) in [6, 6.07) is 0. The highest BCUT2D eigenvalue weighted by Crippen LogP contribution is 2.04. The maximum Gasteiger partial charge on any atom is 0.0594 e. The van der Waals surface area contributed by atoms with Crippen molar-refractivity contribution in [2.24, 2.45) is 0 Å². The molecule has 0 aliphatic carbocycles. The third-order valence-corrected chi connectivity index (χ3v) is 2.18. The number of hydrogen-bond acceptors (Lipinski definition) is 2. The summed E-state index contributed by atoms with van der Waals surface area (Å²) in [5.74, 6) is 0. The zero-order chi connectivity index (χ0) is 8.81. The van der Waals surface area contributed by atoms with E-state index in [0.717, 1.165) is 32.7 Å². The number of nitrogens with zero attached hydrogens (tertiary/aromatic N) is 1. The van der Waals surface area contributed by atoms with E-state index in [0.29, 0.717) is 0 Å². The average Bonchev–Trinajstić information content (AvgIpc) is 2.05. The zero-order valence-electron chi connectivity index (χ0n) is 8.01. The van der Waals surface area contributed by atoms with Crippen molar-refractivity contribution in [3.05, 3.63) is 12.2 Å². The lowest BCUT2D eigenvalue weighted by Crippen LogP contribution is -2.36. The predicted molar refractivity (Wildman–Crippen MR) is 51.3 cm³/mol. The predicted octanol–water partition coefficient (Wildman–Crippen LogP) is 1.67. The second kappa shape index (κ2) is 5.33. The Morgan fingerprint density at radius 3 is 2.67 bits per heavy atom. The molecule has 0 N–H and O–H groups in total. The number of rotatable bonds is 4. The number of hydrogen-bond donors (Lipinski definition) is 0. The summed E-state index contributed by atoms with van der Waals surface area (Å²) in [5, 5.41) is 0. The van der Waals surface area contributed by atoms with Crippen molar-refractivity contribution in [3.63, 3.8) is 0 Å². The van der Waals surface area contributed by atoms with Crippen LogP contribution in [0.25, 0.3) is 0 Å². The van der Waals surface area contributed by atoms with Gasteiger partial charge in [0.25, 0.3) is 0 Å². The van der Waals surface area contributed by atoms with Gasteiger partial charge in [-0.25, -0.2) is 0 Å². The van der Waals surface area contributed by atoms with Gasteiger partial charge < -0.3 is 4.74 Å². The van der Waals surface area contributed by atoms with E-state index in [1.807, 2.05) is 0 Å². The van der Waals surface area contributed by atoms with Gasteiger partial charge in [-0.2, -0.15) is 0 Å². The average molecular weight is 169 g/mol. The minimum atomic E-state index is 0.910. The van der Waals surface area contributed by atoms with Crippen LogP contribution in [0.3, 0.4) is 0 Å². The van der Waals surface area contributed by atoms with Crippen molar-refractivity contribution < 1.29 is 4.74 Å². The molecule has 0 aromatic rings. The Morgan fingerprint density at radius 1 is 1.42 bits per heavy atom. The molecular formula is C10H19NO. The van der Waals surface area contributed by atoms with Gasteiger partial charge >= 0.3 is 0 Å². The molecule has 0 amide bonds. The van der Waals surface area contributed by atoms with E-state index < -0.39 is 0 Å². The molecule has 12 heavy (non-hydrogen) atoms. The fourth-order valence-corrected chi connectivity index (χ4v) is 1.43. The summed E-state index contributed by atoms with van der Waals surface area (Å²) >= 11 is 0. The van der Waals surface area contributed by atoms with Gasteiger partial charge in [0.1, 0.15) is 0 Å². The maximum absolute atomic E-state index is 5.27. The van der Waals surface area contributed by atoms with Crippen molar-refractivity contribution in [1.82, 2.24) is 4.90 Å². The smallest absolute Gasteiger partial charge is 0.0594 e. The van der Waals surface area contributed by atoms with E-state index in [1.165, 1.54) is 18.5 Å². The molecule has 1 heterocycles. The number of allylic oxidation sites excluding steroid dienone is 1. The van der Waals surface area contributed by atoms with Crippen molar-refractivity contribution in [3.8, 4) is 0 Å². The Bertz CT molecular complexity index is 139. The molecule has 2 heteroatoms. The standard InChI is InChI=1S/C10H19NO/c1-10(2)4-3-5-11-6-8-12-9-7-11/h1,3-9H2,2H3. The summed E-state index contributed by atoms with van der Waals surface area (Å²) in [5.41, 5.74) is 1.29. The Kier molecular flexibility index (Phi) is 4.33. The van der Waals surface area contributed by atoms with E-state index in [4.69, 9.17) is 4.74 Å². The summed E-state index contributed by atoms with van der Waals surface area (Å²) in [4.78, 5) is 2.46. The lowest BCUT2D eigenvalue weighted by atomic mass is 10.2. The van der Waals surface area contributed by atoms with Crippen LogP contribution in [-0.2, 0) is 4.74 Å². The Morgan fingerprint density at radius 2 is 2.08 bits per heavy atom. The molecule has 0 unspecified atom stereocenters. The Hall–Kier alpha value is -0.340. The number of morpholine rings is 1. The molecule has 2 nitrogen and oxygen atoms in total. The van der Waals surface area contributed by atoms with Gasteiger partial charge in [0, 0.05) is 13.1 Å². The van der Waals surface area contributed by atoms with E-state index in [1.54, 1.807) is 0 Å². The van der Waals surface area contributed by atoms with Crippen LogP contribution in [0.5, 0.6) is 0 Å². The molecule has 1 rings (SSSR count). The van der Waals surface area contributed by atoms with Crippen LogP contribution in [0.2, 0.25) is 0 Å². The first-order chi connectivity index (χ1) is 5.79. The SMILES string of the molecule is C=C(C)CCCN1CCOCC1. The maximum atomic E-state index is 5.27. The van der Waals surface area contributed by atoms with Gasteiger partial charge in [-0.1, -0.05) is 5.57 Å². The molecule has 70 valence electrons. The van der Waals surface area contributed by atoms with Gasteiger partial charge in [0.05, 0.1) is 13.2 Å². The molecule has 1 aliphatic heterocycles.